The second-order valence-electron chi connectivity index (χ2n) is 15.8. The zero-order valence-corrected chi connectivity index (χ0v) is 31.0. The van der Waals surface area contributed by atoms with E-state index >= 15 is 0 Å². The van der Waals surface area contributed by atoms with E-state index in [4.69, 9.17) is 30.2 Å². The Morgan fingerprint density at radius 1 is 1.13 bits per heavy atom. The van der Waals surface area contributed by atoms with Gasteiger partial charge in [-0.3, -0.25) is 9.69 Å². The van der Waals surface area contributed by atoms with Crippen molar-refractivity contribution in [2.24, 2.45) is 11.1 Å². The molecular formula is C40H49FN8O4. The predicted molar refractivity (Wildman–Crippen MR) is 199 cm³/mol. The van der Waals surface area contributed by atoms with Gasteiger partial charge in [-0.15, -0.1) is 0 Å². The number of hydrogen-bond donors (Lipinski definition) is 2. The van der Waals surface area contributed by atoms with Crippen LogP contribution in [0.25, 0.3) is 11.0 Å². The molecule has 5 heterocycles. The van der Waals surface area contributed by atoms with E-state index in [1.807, 2.05) is 64.1 Å². The third-order valence-corrected chi connectivity index (χ3v) is 10.9. The highest BCUT2D eigenvalue weighted by atomic mass is 19.1. The number of nitrogens with one attached hydrogen (secondary N) is 1. The molecule has 2 unspecified atom stereocenters. The topological polar surface area (TPSA) is 144 Å². The second-order valence-corrected chi connectivity index (χ2v) is 15.8. The highest BCUT2D eigenvalue weighted by Crippen LogP contribution is 2.42. The van der Waals surface area contributed by atoms with Crippen LogP contribution in [0.3, 0.4) is 0 Å². The van der Waals surface area contributed by atoms with Gasteiger partial charge >= 0.3 is 0 Å². The number of pyridine rings is 1. The molecule has 280 valence electrons. The Hall–Kier alpha value is -4.61. The van der Waals surface area contributed by atoms with Gasteiger partial charge < -0.3 is 34.7 Å². The summed E-state index contributed by atoms with van der Waals surface area (Å²) in [6, 6.07) is 17.7. The number of benzene rings is 2. The molecule has 3 fully saturated rings. The summed E-state index contributed by atoms with van der Waals surface area (Å²) >= 11 is 0. The Balaban J connectivity index is 0.975. The van der Waals surface area contributed by atoms with Crippen molar-refractivity contribution < 1.29 is 23.4 Å². The highest BCUT2D eigenvalue weighted by molar-refractivity contribution is 5.98. The third-order valence-electron chi connectivity index (χ3n) is 10.9. The molecule has 12 nitrogen and oxygen atoms in total. The Bertz CT molecular complexity index is 2010. The lowest BCUT2D eigenvalue weighted by molar-refractivity contribution is -0.0604. The summed E-state index contributed by atoms with van der Waals surface area (Å²) in [7, 11) is 0. The van der Waals surface area contributed by atoms with E-state index in [0.29, 0.717) is 49.7 Å². The van der Waals surface area contributed by atoms with Crippen LogP contribution in [-0.4, -0.2) is 88.5 Å². The summed E-state index contributed by atoms with van der Waals surface area (Å²) in [6.45, 7) is 14.6. The lowest BCUT2D eigenvalue weighted by Crippen LogP contribution is -2.72. The third kappa shape index (κ3) is 8.01. The number of aromatic nitrogens is 3. The molecule has 7 rings (SSSR count). The number of nitrogens with zero attached hydrogens (tertiary/aromatic N) is 6. The van der Waals surface area contributed by atoms with Crippen LogP contribution in [-0.2, 0) is 29.2 Å². The summed E-state index contributed by atoms with van der Waals surface area (Å²) in [5, 5.41) is 12.2. The van der Waals surface area contributed by atoms with Crippen LogP contribution < -0.4 is 20.7 Å². The quantitative estimate of drug-likeness (QED) is 0.176. The van der Waals surface area contributed by atoms with Crippen molar-refractivity contribution in [3.63, 3.8) is 0 Å². The zero-order valence-electron chi connectivity index (χ0n) is 31.0. The van der Waals surface area contributed by atoms with Crippen LogP contribution in [0.5, 0.6) is 5.88 Å². The molecule has 1 spiro atoms. The number of amides is 1. The smallest absolute Gasteiger partial charge is 0.251 e. The summed E-state index contributed by atoms with van der Waals surface area (Å²) < 4.78 is 34.3. The van der Waals surface area contributed by atoms with Crippen LogP contribution in [0.2, 0.25) is 0 Å². The Labute approximate surface area is 310 Å². The number of hydrogen-bond acceptors (Lipinski definition) is 10. The van der Waals surface area contributed by atoms with Gasteiger partial charge in [0.1, 0.15) is 24.1 Å². The standard InChI is InChI=1S/C40H49FN8O4/c1-5-39(4,26-53-38(2,3)21-43)46-37(50)28-11-12-32-33(16-28)49(18-30-13-14-51-30)35(44-32)19-47-22-40(23-47)24-48(25-40)34-7-6-8-36(45-34)52-20-29-10-9-27(17-42)15-31(29)41/h6-12,15-16,30H,5,13-14,18-26,43H2,1-4H3,(H,46,50). The first-order chi connectivity index (χ1) is 25.4. The lowest BCUT2D eigenvalue weighted by Gasteiger charge is -2.60. The summed E-state index contributed by atoms with van der Waals surface area (Å²) in [6.07, 6.45) is 1.84. The van der Waals surface area contributed by atoms with E-state index in [0.717, 1.165) is 61.9 Å². The van der Waals surface area contributed by atoms with Crippen molar-refractivity contribution in [3.8, 4) is 11.9 Å². The van der Waals surface area contributed by atoms with Gasteiger partial charge in [0.25, 0.3) is 5.91 Å². The Morgan fingerprint density at radius 2 is 1.92 bits per heavy atom. The molecule has 3 aliphatic heterocycles. The average molecular weight is 725 g/mol. The number of anilines is 1. The summed E-state index contributed by atoms with van der Waals surface area (Å²) in [5.41, 5.74) is 8.06. The first-order valence-corrected chi connectivity index (χ1v) is 18.4. The van der Waals surface area contributed by atoms with E-state index in [2.05, 4.69) is 24.7 Å². The van der Waals surface area contributed by atoms with E-state index in [1.165, 1.54) is 6.07 Å². The van der Waals surface area contributed by atoms with Crippen LogP contribution in [0, 0.1) is 22.6 Å². The summed E-state index contributed by atoms with van der Waals surface area (Å²) in [4.78, 5) is 28.0. The number of carbonyl (C=O) groups excluding carboxylic acids is 1. The largest absolute Gasteiger partial charge is 0.473 e. The molecule has 1 amide bonds. The fourth-order valence-electron chi connectivity index (χ4n) is 7.14. The number of likely N-dealkylation sites (tertiary alicyclic amines) is 1. The second kappa shape index (κ2) is 14.7. The molecule has 3 aliphatic rings. The number of carbonyl (C=O) groups is 1. The first-order valence-electron chi connectivity index (χ1n) is 18.4. The molecule has 0 radical (unpaired) electrons. The van der Waals surface area contributed by atoms with Gasteiger partial charge in [-0.1, -0.05) is 19.1 Å². The zero-order chi connectivity index (χ0) is 37.4. The maximum Gasteiger partial charge on any atom is 0.251 e. The van der Waals surface area contributed by atoms with E-state index in [1.54, 1.807) is 18.2 Å². The van der Waals surface area contributed by atoms with Crippen molar-refractivity contribution in [1.29, 1.82) is 5.26 Å². The van der Waals surface area contributed by atoms with Crippen molar-refractivity contribution in [3.05, 3.63) is 82.9 Å². The molecule has 2 aromatic heterocycles. The molecule has 2 atom stereocenters. The van der Waals surface area contributed by atoms with Gasteiger partial charge in [-0.05, 0) is 70.0 Å². The SMILES string of the molecule is CCC(C)(COC(C)(C)CN)NC(=O)c1ccc2nc(CN3CC4(C3)CN(c3cccc(OCc5ccc(C#N)cc5F)n3)C4)n(CC3CCO3)c2c1. The molecule has 13 heteroatoms. The van der Waals surface area contributed by atoms with Gasteiger partial charge in [0.2, 0.25) is 5.88 Å². The first kappa shape index (κ1) is 36.7. The highest BCUT2D eigenvalue weighted by Gasteiger charge is 2.52. The van der Waals surface area contributed by atoms with Gasteiger partial charge in [-0.25, -0.2) is 9.37 Å². The van der Waals surface area contributed by atoms with Crippen LogP contribution in [0.15, 0.2) is 54.6 Å². The molecule has 0 saturated carbocycles. The van der Waals surface area contributed by atoms with Gasteiger partial charge in [-0.2, -0.15) is 10.2 Å². The normalized spacial score (nSPS) is 19.2. The van der Waals surface area contributed by atoms with Gasteiger partial charge in [0.15, 0.2) is 0 Å². The molecule has 2 aromatic carbocycles. The minimum atomic E-state index is -0.547. The number of fused-ring (bicyclic) bond motifs is 1. The lowest BCUT2D eigenvalue weighted by atomic mass is 9.73. The molecular weight excluding hydrogens is 675 g/mol. The maximum absolute atomic E-state index is 14.3. The fraction of sp³-hybridized carbons (Fsp3) is 0.500. The fourth-order valence-corrected chi connectivity index (χ4v) is 7.14. The van der Waals surface area contributed by atoms with E-state index < -0.39 is 17.0 Å². The molecule has 53 heavy (non-hydrogen) atoms. The molecule has 0 aliphatic carbocycles. The summed E-state index contributed by atoms with van der Waals surface area (Å²) in [5.74, 6) is 1.62. The monoisotopic (exact) mass is 724 g/mol. The van der Waals surface area contributed by atoms with Crippen molar-refractivity contribution in [1.82, 2.24) is 24.8 Å². The molecule has 3 saturated heterocycles. The Kier molecular flexibility index (Phi) is 10.2. The minimum Gasteiger partial charge on any atom is -0.473 e. The molecule has 0 bridgehead atoms. The number of imidazole rings is 1. The molecule has 4 aromatic rings. The van der Waals surface area contributed by atoms with Crippen LogP contribution >= 0.6 is 0 Å². The molecule has 3 N–H and O–H groups in total. The van der Waals surface area contributed by atoms with Crippen molar-refractivity contribution >= 4 is 22.8 Å². The number of nitriles is 1. The number of rotatable bonds is 15. The maximum atomic E-state index is 14.3. The van der Waals surface area contributed by atoms with Gasteiger partial charge in [0, 0.05) is 61.9 Å². The average Bonchev–Trinajstić information content (AvgIpc) is 3.44. The number of ether oxygens (including phenoxy) is 3. The van der Waals surface area contributed by atoms with Crippen LogP contribution in [0.1, 0.15) is 67.8 Å². The minimum absolute atomic E-state index is 0.0288. The van der Waals surface area contributed by atoms with Crippen molar-refractivity contribution in [2.75, 3.05) is 50.8 Å². The van der Waals surface area contributed by atoms with E-state index in [-0.39, 0.29) is 29.6 Å². The van der Waals surface area contributed by atoms with E-state index in [9.17, 15) is 9.18 Å². The van der Waals surface area contributed by atoms with Crippen molar-refractivity contribution in [2.45, 2.75) is 77.5 Å². The van der Waals surface area contributed by atoms with Crippen LogP contribution in [0.4, 0.5) is 10.2 Å². The van der Waals surface area contributed by atoms with Gasteiger partial charge in [0.05, 0.1) is 59.6 Å². The predicted octanol–water partition coefficient (Wildman–Crippen LogP) is 4.78. The Morgan fingerprint density at radius 3 is 2.60 bits per heavy atom. The number of nitrogens with two attached hydrogens (primary N) is 1. The number of halogens is 1.